The number of β-amino-alcohol motifs (C(OH)–C–C–N with tert-alkyl or cyclic N) is 1. The van der Waals surface area contributed by atoms with Crippen molar-refractivity contribution in [3.05, 3.63) is 53.6 Å². The Labute approximate surface area is 183 Å². The quantitative estimate of drug-likeness (QED) is 0.711. The number of benzene rings is 1. The number of carbonyl (C=O) groups is 1. The normalized spacial score (nSPS) is 18.0. The zero-order valence-corrected chi connectivity index (χ0v) is 18.6. The van der Waals surface area contributed by atoms with Crippen LogP contribution in [-0.2, 0) is 11.3 Å². The third kappa shape index (κ3) is 5.68. The molecule has 1 amide bonds. The van der Waals surface area contributed by atoms with Gasteiger partial charge >= 0.3 is 0 Å². The molecule has 3 rings (SSSR count). The van der Waals surface area contributed by atoms with E-state index in [2.05, 4.69) is 15.0 Å². The van der Waals surface area contributed by atoms with Crippen molar-refractivity contribution in [1.82, 2.24) is 24.6 Å². The van der Waals surface area contributed by atoms with E-state index in [9.17, 15) is 9.90 Å². The Balaban J connectivity index is 1.56. The summed E-state index contributed by atoms with van der Waals surface area (Å²) >= 11 is 5.89. The molecule has 1 unspecified atom stereocenters. The van der Waals surface area contributed by atoms with Crippen LogP contribution in [0, 0.1) is 5.41 Å². The van der Waals surface area contributed by atoms with E-state index >= 15 is 0 Å². The molecule has 1 saturated heterocycles. The molecule has 1 atom stereocenters. The summed E-state index contributed by atoms with van der Waals surface area (Å²) in [5.74, 6) is -0.00158. The maximum absolute atomic E-state index is 12.5. The maximum atomic E-state index is 12.5. The van der Waals surface area contributed by atoms with Gasteiger partial charge in [0.1, 0.15) is 18.3 Å². The van der Waals surface area contributed by atoms with Gasteiger partial charge in [-0.15, -0.1) is 0 Å². The van der Waals surface area contributed by atoms with E-state index in [1.807, 2.05) is 43.9 Å². The average molecular weight is 432 g/mol. The highest BCUT2D eigenvalue weighted by Gasteiger charge is 2.42. The van der Waals surface area contributed by atoms with Crippen LogP contribution < -0.4 is 0 Å². The lowest BCUT2D eigenvalue weighted by atomic mass is 9.76. The molecular weight excluding hydrogens is 402 g/mol. The Morgan fingerprint density at radius 3 is 2.37 bits per heavy atom. The summed E-state index contributed by atoms with van der Waals surface area (Å²) in [5.41, 5.74) is -0.371. The van der Waals surface area contributed by atoms with Gasteiger partial charge in [-0.2, -0.15) is 5.10 Å². The fourth-order valence-electron chi connectivity index (χ4n) is 3.45. The van der Waals surface area contributed by atoms with Crippen LogP contribution in [0.1, 0.15) is 26.3 Å². The zero-order valence-electron chi connectivity index (χ0n) is 17.8. The zero-order chi connectivity index (χ0) is 21.8. The number of aliphatic hydroxyl groups is 1. The third-order valence-corrected chi connectivity index (χ3v) is 6.00. The molecule has 1 N–H and O–H groups in total. The number of nitrogens with zero attached hydrogens (tertiary/aromatic N) is 5. The van der Waals surface area contributed by atoms with Gasteiger partial charge in [0.15, 0.2) is 0 Å². The molecule has 1 aromatic heterocycles. The summed E-state index contributed by atoms with van der Waals surface area (Å²) in [6.45, 7) is 9.69. The largest absolute Gasteiger partial charge is 0.386 e. The van der Waals surface area contributed by atoms with Crippen LogP contribution in [0.15, 0.2) is 43.0 Å². The number of hydrogen-bond acceptors (Lipinski definition) is 5. The van der Waals surface area contributed by atoms with Crippen LogP contribution >= 0.6 is 11.6 Å². The lowest BCUT2D eigenvalue weighted by molar-refractivity contribution is -0.129. The van der Waals surface area contributed by atoms with Crippen LogP contribution in [0.4, 0.5) is 0 Å². The maximum Gasteiger partial charge on any atom is 0.246 e. The number of halogens is 1. The molecule has 0 radical (unpaired) electrons. The highest BCUT2D eigenvalue weighted by atomic mass is 35.5. The van der Waals surface area contributed by atoms with Crippen LogP contribution in [0.2, 0.25) is 5.02 Å². The first-order valence-corrected chi connectivity index (χ1v) is 10.5. The number of hydrogen-bond donors (Lipinski definition) is 1. The van der Waals surface area contributed by atoms with Crippen molar-refractivity contribution >= 4 is 23.6 Å². The summed E-state index contributed by atoms with van der Waals surface area (Å²) in [6.07, 6.45) is 6.52. The second kappa shape index (κ2) is 9.29. The molecular formula is C22H30ClN5O2. The van der Waals surface area contributed by atoms with Crippen molar-refractivity contribution in [2.24, 2.45) is 5.41 Å². The summed E-state index contributed by atoms with van der Waals surface area (Å²) in [7, 11) is 0. The van der Waals surface area contributed by atoms with E-state index < -0.39 is 5.60 Å². The molecule has 7 nitrogen and oxygen atoms in total. The van der Waals surface area contributed by atoms with Gasteiger partial charge in [0, 0.05) is 43.8 Å². The number of rotatable bonds is 6. The first-order valence-electron chi connectivity index (χ1n) is 10.2. The molecule has 1 aliphatic rings. The molecule has 8 heteroatoms. The molecule has 0 aliphatic carbocycles. The van der Waals surface area contributed by atoms with Crippen molar-refractivity contribution in [2.45, 2.75) is 32.9 Å². The predicted octanol–water partition coefficient (Wildman–Crippen LogP) is 2.57. The van der Waals surface area contributed by atoms with E-state index in [0.29, 0.717) is 31.2 Å². The average Bonchev–Trinajstić information content (AvgIpc) is 3.20. The van der Waals surface area contributed by atoms with Gasteiger partial charge in [-0.1, -0.05) is 44.5 Å². The van der Waals surface area contributed by atoms with Gasteiger partial charge in [-0.05, 0) is 29.2 Å². The van der Waals surface area contributed by atoms with Crippen molar-refractivity contribution < 1.29 is 9.90 Å². The van der Waals surface area contributed by atoms with Crippen molar-refractivity contribution in [3.8, 4) is 0 Å². The lowest BCUT2D eigenvalue weighted by Gasteiger charge is -2.45. The second-order valence-electron chi connectivity index (χ2n) is 8.86. The topological polar surface area (TPSA) is 74.5 Å². The molecule has 1 aliphatic heterocycles. The number of carbonyl (C=O) groups excluding carboxylic acids is 1. The van der Waals surface area contributed by atoms with Crippen LogP contribution in [0.25, 0.3) is 6.08 Å². The predicted molar refractivity (Wildman–Crippen MR) is 118 cm³/mol. The highest BCUT2D eigenvalue weighted by Crippen LogP contribution is 2.33. The Bertz CT molecular complexity index is 853. The Morgan fingerprint density at radius 1 is 1.13 bits per heavy atom. The van der Waals surface area contributed by atoms with Crippen LogP contribution in [-0.4, -0.2) is 73.9 Å². The fraction of sp³-hybridized carbons (Fsp3) is 0.500. The second-order valence-corrected chi connectivity index (χ2v) is 9.30. The minimum Gasteiger partial charge on any atom is -0.386 e. The smallest absolute Gasteiger partial charge is 0.246 e. The SMILES string of the molecule is CC(C)(C)C(O)(CN1CCN(C(=O)/C=C/c2ccc(Cl)cc2)CC1)Cn1cncn1. The van der Waals surface area contributed by atoms with Crippen molar-refractivity contribution in [3.63, 3.8) is 0 Å². The molecule has 0 spiro atoms. The van der Waals surface area contributed by atoms with Gasteiger partial charge in [0.25, 0.3) is 0 Å². The van der Waals surface area contributed by atoms with Gasteiger partial charge in [-0.25, -0.2) is 4.98 Å². The van der Waals surface area contributed by atoms with E-state index in [1.54, 1.807) is 29.2 Å². The number of piperazine rings is 1. The minimum atomic E-state index is -0.971. The number of amides is 1. The molecule has 2 aromatic rings. The Morgan fingerprint density at radius 2 is 1.80 bits per heavy atom. The van der Waals surface area contributed by atoms with Gasteiger partial charge in [-0.3, -0.25) is 14.4 Å². The summed E-state index contributed by atoms with van der Waals surface area (Å²) in [4.78, 5) is 20.6. The standard InChI is InChI=1S/C22H30ClN5O2/c1-21(2,3)22(30,15-28-17-24-16-25-28)14-26-10-12-27(13-11-26)20(29)9-6-18-4-7-19(23)8-5-18/h4-9,16-17,30H,10-15H2,1-3H3/b9-6+. The fourth-order valence-corrected chi connectivity index (χ4v) is 3.58. The molecule has 1 fully saturated rings. The molecule has 0 saturated carbocycles. The first-order chi connectivity index (χ1) is 14.2. The molecule has 30 heavy (non-hydrogen) atoms. The number of aromatic nitrogens is 3. The Kier molecular flexibility index (Phi) is 6.95. The summed E-state index contributed by atoms with van der Waals surface area (Å²) in [5, 5.41) is 16.3. The van der Waals surface area contributed by atoms with Crippen LogP contribution in [0.5, 0.6) is 0 Å². The van der Waals surface area contributed by atoms with Gasteiger partial charge in [0.05, 0.1) is 6.54 Å². The third-order valence-electron chi connectivity index (χ3n) is 5.74. The van der Waals surface area contributed by atoms with Crippen LogP contribution in [0.3, 0.4) is 0 Å². The van der Waals surface area contributed by atoms with Crippen molar-refractivity contribution in [2.75, 3.05) is 32.7 Å². The monoisotopic (exact) mass is 431 g/mol. The molecule has 162 valence electrons. The highest BCUT2D eigenvalue weighted by molar-refractivity contribution is 6.30. The van der Waals surface area contributed by atoms with E-state index in [1.165, 1.54) is 6.33 Å². The molecule has 1 aromatic carbocycles. The molecule has 0 bridgehead atoms. The minimum absolute atomic E-state index is 0.00158. The lowest BCUT2D eigenvalue weighted by Crippen LogP contribution is -2.58. The van der Waals surface area contributed by atoms with E-state index in [0.717, 1.165) is 18.7 Å². The van der Waals surface area contributed by atoms with E-state index in [4.69, 9.17) is 11.6 Å². The Hall–Kier alpha value is -2.22. The van der Waals surface area contributed by atoms with Crippen molar-refractivity contribution in [1.29, 1.82) is 0 Å². The van der Waals surface area contributed by atoms with Gasteiger partial charge in [0.2, 0.25) is 5.91 Å². The summed E-state index contributed by atoms with van der Waals surface area (Å²) < 4.78 is 1.67. The van der Waals surface area contributed by atoms with E-state index in [-0.39, 0.29) is 11.3 Å². The summed E-state index contributed by atoms with van der Waals surface area (Å²) in [6, 6.07) is 7.37. The van der Waals surface area contributed by atoms with Gasteiger partial charge < -0.3 is 10.0 Å². The molecule has 2 heterocycles. The first kappa shape index (κ1) is 22.5.